The number of hydrogen-bond acceptors (Lipinski definition) is 4. The molecule has 0 aliphatic rings. The molecule has 0 aromatic heterocycles. The first kappa shape index (κ1) is 17.7. The third kappa shape index (κ3) is 12.3. The van der Waals surface area contributed by atoms with E-state index in [2.05, 4.69) is 21.1 Å². The van der Waals surface area contributed by atoms with Gasteiger partial charge in [-0.3, -0.25) is 0 Å². The standard InChI is InChI=1S/C5H14NO.C4H13AsO3/c1-6(2,3)4-5-7;1-5(2-6,3-7)4-8/h7H,4-5H2,1-3H3;5-8H,2-4H2,1H3/q+1;. The normalized spacial score (nSPS) is 13.1. The van der Waals surface area contributed by atoms with Gasteiger partial charge in [-0.25, -0.2) is 0 Å². The van der Waals surface area contributed by atoms with E-state index in [1.54, 1.807) is 5.71 Å². The maximum atomic E-state index is 8.55. The van der Waals surface area contributed by atoms with Crippen molar-refractivity contribution in [2.45, 2.75) is 5.71 Å². The zero-order chi connectivity index (χ0) is 12.5. The number of quaternary nitrogens is 1. The molecule has 0 fully saturated rings. The molecule has 0 aromatic carbocycles. The van der Waals surface area contributed by atoms with Crippen LogP contribution in [0.1, 0.15) is 0 Å². The van der Waals surface area contributed by atoms with E-state index in [0.717, 1.165) is 11.0 Å². The summed E-state index contributed by atoms with van der Waals surface area (Å²) in [7, 11) is 6.16. The van der Waals surface area contributed by atoms with Crippen molar-refractivity contribution < 1.29 is 24.9 Å². The van der Waals surface area contributed by atoms with Gasteiger partial charge in [0.1, 0.15) is 6.54 Å². The molecule has 96 valence electrons. The van der Waals surface area contributed by atoms with Crippen molar-refractivity contribution in [3.63, 3.8) is 0 Å². The molecule has 5 nitrogen and oxygen atoms in total. The molecule has 15 heavy (non-hydrogen) atoms. The Morgan fingerprint density at radius 3 is 1.20 bits per heavy atom. The summed E-state index contributed by atoms with van der Waals surface area (Å²) < 4.78 is 0.844. The van der Waals surface area contributed by atoms with E-state index < -0.39 is 13.6 Å². The van der Waals surface area contributed by atoms with E-state index >= 15 is 0 Å². The topological polar surface area (TPSA) is 80.9 Å². The van der Waals surface area contributed by atoms with Crippen LogP contribution in [0.3, 0.4) is 0 Å². The molecule has 0 unspecified atom stereocenters. The molecule has 0 amide bonds. The predicted molar refractivity (Wildman–Crippen MR) is 64.3 cm³/mol. The molecule has 6 heteroatoms. The van der Waals surface area contributed by atoms with Gasteiger partial charge in [-0.1, -0.05) is 0 Å². The van der Waals surface area contributed by atoms with Gasteiger partial charge in [-0.15, -0.1) is 0 Å². The van der Waals surface area contributed by atoms with Crippen molar-refractivity contribution >= 4 is 13.6 Å². The van der Waals surface area contributed by atoms with E-state index in [1.165, 1.54) is 0 Å². The van der Waals surface area contributed by atoms with Gasteiger partial charge in [0.05, 0.1) is 27.7 Å². The van der Waals surface area contributed by atoms with Crippen molar-refractivity contribution in [3.05, 3.63) is 0 Å². The minimum absolute atomic E-state index is 0.00694. The first-order valence-corrected chi connectivity index (χ1v) is 11.5. The van der Waals surface area contributed by atoms with Crippen molar-refractivity contribution in [1.82, 2.24) is 0 Å². The summed E-state index contributed by atoms with van der Waals surface area (Å²) in [5.74, 6) is 0. The quantitative estimate of drug-likeness (QED) is 0.351. The van der Waals surface area contributed by atoms with Gasteiger partial charge in [-0.2, -0.15) is 0 Å². The van der Waals surface area contributed by atoms with Crippen LogP contribution in [-0.4, -0.2) is 88.9 Å². The van der Waals surface area contributed by atoms with Crippen molar-refractivity contribution in [2.24, 2.45) is 0 Å². The van der Waals surface area contributed by atoms with E-state index in [4.69, 9.17) is 20.4 Å². The molecule has 0 spiro atoms. The molecule has 0 saturated carbocycles. The fourth-order valence-electron chi connectivity index (χ4n) is 0.450. The van der Waals surface area contributed by atoms with Gasteiger partial charge < -0.3 is 9.59 Å². The molecule has 0 aliphatic heterocycles. The second-order valence-corrected chi connectivity index (χ2v) is 14.6. The summed E-state index contributed by atoms with van der Waals surface area (Å²) >= 11 is -2.46. The summed E-state index contributed by atoms with van der Waals surface area (Å²) in [5.41, 5.74) is 1.79. The molecule has 0 heterocycles. The van der Waals surface area contributed by atoms with Gasteiger partial charge in [0.25, 0.3) is 0 Å². The molecule has 0 saturated heterocycles. The van der Waals surface area contributed by atoms with Gasteiger partial charge in [0.15, 0.2) is 0 Å². The van der Waals surface area contributed by atoms with Crippen LogP contribution in [0.15, 0.2) is 0 Å². The minimum Gasteiger partial charge on any atom is -0.391 e. The number of aliphatic hydroxyl groups is 4. The first-order chi connectivity index (χ1) is 6.74. The smallest absolute Gasteiger partial charge is 0.101 e. The fourth-order valence-corrected chi connectivity index (χ4v) is 1.08. The zero-order valence-corrected chi connectivity index (χ0v) is 12.4. The maximum Gasteiger partial charge on any atom is 0.101 e. The second kappa shape index (κ2) is 8.50. The minimum atomic E-state index is -2.46. The SMILES string of the molecule is C[AsH](CO)(CO)CO.C[N+](C)(C)CCO. The Bertz CT molecular complexity index is 137. The Morgan fingerprint density at radius 2 is 1.20 bits per heavy atom. The number of rotatable bonds is 5. The number of aliphatic hydroxyl groups excluding tert-OH is 4. The Balaban J connectivity index is 0. The van der Waals surface area contributed by atoms with E-state index in [1.807, 2.05) is 0 Å². The summed E-state index contributed by atoms with van der Waals surface area (Å²) in [5, 5.41) is 34.1. The summed E-state index contributed by atoms with van der Waals surface area (Å²) in [4.78, 5) is 0. The zero-order valence-electron chi connectivity index (χ0n) is 10.3. The average Bonchev–Trinajstić information content (AvgIpc) is 2.16. The van der Waals surface area contributed by atoms with Crippen molar-refractivity contribution in [3.8, 4) is 0 Å². The molecule has 0 aliphatic carbocycles. The van der Waals surface area contributed by atoms with Crippen molar-refractivity contribution in [2.75, 3.05) is 50.5 Å². The van der Waals surface area contributed by atoms with E-state index in [-0.39, 0.29) is 22.8 Å². The van der Waals surface area contributed by atoms with Crippen LogP contribution in [0.25, 0.3) is 0 Å². The largest absolute Gasteiger partial charge is 0.391 e. The summed E-state index contributed by atoms with van der Waals surface area (Å²) in [6, 6.07) is 0. The molecule has 0 rings (SSSR count). The molecule has 0 atom stereocenters. The van der Waals surface area contributed by atoms with Crippen LogP contribution in [0.4, 0.5) is 0 Å². The van der Waals surface area contributed by atoms with Crippen LogP contribution < -0.4 is 0 Å². The molecule has 0 aromatic rings. The molecule has 4 N–H and O–H groups in total. The molecule has 0 bridgehead atoms. The Kier molecular flexibility index (Phi) is 10.1. The van der Waals surface area contributed by atoms with Crippen LogP contribution in [0.5, 0.6) is 0 Å². The summed E-state index contributed by atoms with van der Waals surface area (Å²) in [6.45, 7) is 1.11. The van der Waals surface area contributed by atoms with E-state index in [9.17, 15) is 0 Å². The van der Waals surface area contributed by atoms with Gasteiger partial charge in [-0.05, 0) is 0 Å². The number of hydrogen-bond donors (Lipinski definition) is 4. The van der Waals surface area contributed by atoms with Gasteiger partial charge in [0.2, 0.25) is 0 Å². The number of nitrogens with zero attached hydrogens (tertiary/aromatic N) is 1. The molecular weight excluding hydrogens is 261 g/mol. The van der Waals surface area contributed by atoms with Crippen molar-refractivity contribution in [1.29, 1.82) is 0 Å². The Morgan fingerprint density at radius 1 is 0.867 bits per heavy atom. The Hall–Kier alpha value is 0.358. The third-order valence-corrected chi connectivity index (χ3v) is 6.72. The Labute approximate surface area is 95.0 Å². The van der Waals surface area contributed by atoms with Crippen LogP contribution in [0, 0.1) is 0 Å². The monoisotopic (exact) mass is 288 g/mol. The third-order valence-electron chi connectivity index (χ3n) is 1.92. The van der Waals surface area contributed by atoms with Gasteiger partial charge >= 0.3 is 50.8 Å². The average molecular weight is 288 g/mol. The number of likely N-dealkylation sites (N-methyl/N-ethyl adjacent to an activating group) is 1. The first-order valence-electron chi connectivity index (χ1n) is 4.98. The predicted octanol–water partition coefficient (Wildman–Crippen LogP) is -1.92. The van der Waals surface area contributed by atoms with Crippen LogP contribution in [0.2, 0.25) is 5.71 Å². The van der Waals surface area contributed by atoms with Crippen LogP contribution in [-0.2, 0) is 0 Å². The summed E-state index contributed by atoms with van der Waals surface area (Å²) in [6.07, 6.45) is 0. The van der Waals surface area contributed by atoms with Gasteiger partial charge in [0, 0.05) is 0 Å². The van der Waals surface area contributed by atoms with Crippen LogP contribution >= 0.6 is 0 Å². The second-order valence-electron chi connectivity index (χ2n) is 5.02. The fraction of sp³-hybridized carbons (Fsp3) is 1.00. The molecular formula is C9H27AsNO4+. The van der Waals surface area contributed by atoms with E-state index in [0.29, 0.717) is 0 Å². The maximum absolute atomic E-state index is 8.55. The molecule has 0 radical (unpaired) electrons.